The number of carbonyl (C=O) groups is 2. The van der Waals surface area contributed by atoms with Crippen molar-refractivity contribution in [3.63, 3.8) is 0 Å². The van der Waals surface area contributed by atoms with Crippen LogP contribution in [0.3, 0.4) is 0 Å². The van der Waals surface area contributed by atoms with Crippen LogP contribution < -0.4 is 10.2 Å². The fourth-order valence-electron chi connectivity index (χ4n) is 3.44. The molecule has 0 radical (unpaired) electrons. The average molecular weight is 502 g/mol. The van der Waals surface area contributed by atoms with Crippen LogP contribution in [0.2, 0.25) is 0 Å². The lowest BCUT2D eigenvalue weighted by atomic mass is 10.2. The lowest BCUT2D eigenvalue weighted by Crippen LogP contribution is -2.43. The summed E-state index contributed by atoms with van der Waals surface area (Å²) in [5, 5.41) is 2.96. The van der Waals surface area contributed by atoms with E-state index in [4.69, 9.17) is 0 Å². The van der Waals surface area contributed by atoms with E-state index in [0.29, 0.717) is 11.4 Å². The van der Waals surface area contributed by atoms with Gasteiger partial charge < -0.3 is 10.2 Å². The van der Waals surface area contributed by atoms with Gasteiger partial charge >= 0.3 is 0 Å². The van der Waals surface area contributed by atoms with Crippen LogP contribution in [0.5, 0.6) is 0 Å². The molecule has 7 heteroatoms. The predicted octanol–water partition coefficient (Wildman–Crippen LogP) is 4.78. The van der Waals surface area contributed by atoms with E-state index in [1.807, 2.05) is 54.6 Å². The van der Waals surface area contributed by atoms with Gasteiger partial charge in [0.05, 0.1) is 10.6 Å². The molecule has 2 aromatic carbocycles. The van der Waals surface area contributed by atoms with Crippen molar-refractivity contribution in [1.29, 1.82) is 0 Å². The fourth-order valence-corrected chi connectivity index (χ4v) is 4.91. The quantitative estimate of drug-likeness (QED) is 0.396. The maximum Gasteiger partial charge on any atom is 0.265 e. The van der Waals surface area contributed by atoms with E-state index in [1.165, 1.54) is 11.8 Å². The van der Waals surface area contributed by atoms with Crippen molar-refractivity contribution >= 4 is 51.3 Å². The largest absolute Gasteiger partial charge is 0.355 e. The molecular weight excluding hydrogens is 474 g/mol. The van der Waals surface area contributed by atoms with Crippen LogP contribution in [-0.4, -0.2) is 49.4 Å². The Labute approximate surface area is 197 Å². The van der Waals surface area contributed by atoms with E-state index in [0.717, 1.165) is 46.7 Å². The lowest BCUT2D eigenvalue weighted by Gasteiger charge is -2.30. The maximum absolute atomic E-state index is 13.2. The molecule has 0 unspecified atom stereocenters. The SMILES string of the molecule is CCN(CC)CCCNC(=O)CN1C(=O)C(=Cc2cccc(Br)c2)Sc2ccccc21. The van der Waals surface area contributed by atoms with E-state index in [2.05, 4.69) is 40.0 Å². The molecule has 2 aromatic rings. The van der Waals surface area contributed by atoms with Gasteiger partial charge in [0.2, 0.25) is 5.91 Å². The molecule has 0 atom stereocenters. The maximum atomic E-state index is 13.2. The first kappa shape index (κ1) is 23.6. The Bertz CT molecular complexity index is 959. The zero-order valence-electron chi connectivity index (χ0n) is 17.9. The van der Waals surface area contributed by atoms with Crippen LogP contribution in [0.1, 0.15) is 25.8 Å². The number of benzene rings is 2. The van der Waals surface area contributed by atoms with Crippen molar-refractivity contribution in [2.75, 3.05) is 37.6 Å². The Kier molecular flexibility index (Phi) is 8.75. The number of rotatable bonds is 9. The highest BCUT2D eigenvalue weighted by Crippen LogP contribution is 2.41. The summed E-state index contributed by atoms with van der Waals surface area (Å²) in [5.41, 5.74) is 1.72. The summed E-state index contributed by atoms with van der Waals surface area (Å²) in [4.78, 5) is 31.3. The van der Waals surface area contributed by atoms with E-state index < -0.39 is 0 Å². The summed E-state index contributed by atoms with van der Waals surface area (Å²) < 4.78 is 0.955. The molecule has 0 aromatic heterocycles. The molecule has 1 heterocycles. The number of para-hydroxylation sites is 1. The minimum atomic E-state index is -0.151. The fraction of sp³-hybridized carbons (Fsp3) is 0.333. The van der Waals surface area contributed by atoms with Gasteiger partial charge in [-0.25, -0.2) is 0 Å². The van der Waals surface area contributed by atoms with Gasteiger partial charge in [-0.2, -0.15) is 0 Å². The van der Waals surface area contributed by atoms with Crippen molar-refractivity contribution in [2.24, 2.45) is 0 Å². The molecule has 2 amide bonds. The minimum absolute atomic E-state index is 0.0114. The number of hydrogen-bond donors (Lipinski definition) is 1. The first-order valence-corrected chi connectivity index (χ1v) is 12.2. The molecule has 0 spiro atoms. The van der Waals surface area contributed by atoms with Gasteiger partial charge in [0.1, 0.15) is 6.54 Å². The molecule has 31 heavy (non-hydrogen) atoms. The van der Waals surface area contributed by atoms with Crippen LogP contribution in [0.4, 0.5) is 5.69 Å². The Balaban J connectivity index is 1.71. The second kappa shape index (κ2) is 11.5. The Morgan fingerprint density at radius 1 is 1.16 bits per heavy atom. The molecule has 0 saturated carbocycles. The summed E-state index contributed by atoms with van der Waals surface area (Å²) in [6.07, 6.45) is 2.77. The normalized spacial score (nSPS) is 14.8. The molecule has 0 fully saturated rings. The summed E-state index contributed by atoms with van der Waals surface area (Å²) in [6.45, 7) is 7.86. The second-order valence-corrected chi connectivity index (χ2v) is 9.25. The third kappa shape index (κ3) is 6.45. The Morgan fingerprint density at radius 2 is 1.94 bits per heavy atom. The number of carbonyl (C=O) groups excluding carboxylic acids is 2. The van der Waals surface area contributed by atoms with Gasteiger partial charge in [0.15, 0.2) is 0 Å². The number of hydrogen-bond acceptors (Lipinski definition) is 4. The van der Waals surface area contributed by atoms with Crippen LogP contribution in [-0.2, 0) is 9.59 Å². The van der Waals surface area contributed by atoms with E-state index in [9.17, 15) is 9.59 Å². The minimum Gasteiger partial charge on any atom is -0.355 e. The Morgan fingerprint density at radius 3 is 2.68 bits per heavy atom. The zero-order valence-corrected chi connectivity index (χ0v) is 20.3. The smallest absolute Gasteiger partial charge is 0.265 e. The summed E-state index contributed by atoms with van der Waals surface area (Å²) >= 11 is 4.92. The average Bonchev–Trinajstić information content (AvgIpc) is 2.77. The zero-order chi connectivity index (χ0) is 22.2. The van der Waals surface area contributed by atoms with Crippen molar-refractivity contribution < 1.29 is 9.59 Å². The molecule has 0 saturated heterocycles. The molecule has 164 valence electrons. The summed E-state index contributed by atoms with van der Waals surface area (Å²) in [7, 11) is 0. The van der Waals surface area contributed by atoms with Crippen molar-refractivity contribution in [3.05, 3.63) is 63.5 Å². The number of fused-ring (bicyclic) bond motifs is 1. The van der Waals surface area contributed by atoms with Crippen LogP contribution >= 0.6 is 27.7 Å². The highest BCUT2D eigenvalue weighted by atomic mass is 79.9. The van der Waals surface area contributed by atoms with Gasteiger partial charge in [-0.1, -0.05) is 65.8 Å². The highest BCUT2D eigenvalue weighted by Gasteiger charge is 2.30. The molecule has 1 N–H and O–H groups in total. The number of anilines is 1. The third-order valence-corrected chi connectivity index (χ3v) is 6.72. The second-order valence-electron chi connectivity index (χ2n) is 7.26. The highest BCUT2D eigenvalue weighted by molar-refractivity contribution is 9.10. The molecular formula is C24H28BrN3O2S. The lowest BCUT2D eigenvalue weighted by molar-refractivity contribution is -0.122. The van der Waals surface area contributed by atoms with Crippen molar-refractivity contribution in [2.45, 2.75) is 25.2 Å². The number of halogens is 1. The van der Waals surface area contributed by atoms with Crippen LogP contribution in [0.25, 0.3) is 6.08 Å². The van der Waals surface area contributed by atoms with Crippen molar-refractivity contribution in [3.8, 4) is 0 Å². The first-order valence-electron chi connectivity index (χ1n) is 10.6. The van der Waals surface area contributed by atoms with Gasteiger partial charge in [0.25, 0.3) is 5.91 Å². The summed E-state index contributed by atoms with van der Waals surface area (Å²) in [5.74, 6) is -0.293. The van der Waals surface area contributed by atoms with Gasteiger partial charge in [-0.05, 0) is 62.0 Å². The van der Waals surface area contributed by atoms with Gasteiger partial charge in [-0.3, -0.25) is 14.5 Å². The summed E-state index contributed by atoms with van der Waals surface area (Å²) in [6, 6.07) is 15.5. The molecule has 0 bridgehead atoms. The van der Waals surface area contributed by atoms with Crippen LogP contribution in [0, 0.1) is 0 Å². The molecule has 0 aliphatic carbocycles. The molecule has 1 aliphatic rings. The number of thioether (sulfide) groups is 1. The third-order valence-electron chi connectivity index (χ3n) is 5.15. The van der Waals surface area contributed by atoms with Crippen LogP contribution in [0.15, 0.2) is 62.8 Å². The first-order chi connectivity index (χ1) is 15.0. The van der Waals surface area contributed by atoms with E-state index in [1.54, 1.807) is 4.90 Å². The molecule has 1 aliphatic heterocycles. The Hall–Kier alpha value is -2.09. The standard InChI is InChI=1S/C24H28BrN3O2S/c1-3-27(4-2)14-8-13-26-23(29)17-28-20-11-5-6-12-21(20)31-22(24(28)30)16-18-9-7-10-19(25)15-18/h5-7,9-12,15-16H,3-4,8,13-14,17H2,1-2H3,(H,26,29). The number of nitrogens with zero attached hydrogens (tertiary/aromatic N) is 2. The van der Waals surface area contributed by atoms with Gasteiger partial charge in [-0.15, -0.1) is 0 Å². The van der Waals surface area contributed by atoms with Crippen molar-refractivity contribution in [1.82, 2.24) is 10.2 Å². The number of amides is 2. The monoisotopic (exact) mass is 501 g/mol. The molecule has 5 nitrogen and oxygen atoms in total. The number of nitrogens with one attached hydrogen (secondary N) is 1. The molecule has 3 rings (SSSR count). The predicted molar refractivity (Wildman–Crippen MR) is 132 cm³/mol. The van der Waals surface area contributed by atoms with Gasteiger partial charge in [0, 0.05) is 15.9 Å². The van der Waals surface area contributed by atoms with E-state index in [-0.39, 0.29) is 18.4 Å². The topological polar surface area (TPSA) is 52.7 Å². The van der Waals surface area contributed by atoms with E-state index >= 15 is 0 Å².